The molecule has 0 spiro atoms. The van der Waals surface area contributed by atoms with Gasteiger partial charge in [-0.3, -0.25) is 0 Å². The number of rotatable bonds is 1. The van der Waals surface area contributed by atoms with E-state index in [2.05, 4.69) is 30.9 Å². The quantitative estimate of drug-likeness (QED) is 0.709. The van der Waals surface area contributed by atoms with Crippen LogP contribution in [0.25, 0.3) is 0 Å². The van der Waals surface area contributed by atoms with Gasteiger partial charge in [0, 0.05) is 0 Å². The van der Waals surface area contributed by atoms with E-state index in [9.17, 15) is 0 Å². The molecule has 0 aromatic carbocycles. The minimum absolute atomic E-state index is 0.897. The summed E-state index contributed by atoms with van der Waals surface area (Å²) in [6.45, 7) is 1.95. The molecule has 0 fully saturated rings. The predicted molar refractivity (Wildman–Crippen MR) is 49.7 cm³/mol. The van der Waals surface area contributed by atoms with Crippen LogP contribution in [-0.4, -0.2) is 28.3 Å². The second kappa shape index (κ2) is 3.09. The van der Waals surface area contributed by atoms with Gasteiger partial charge in [0.25, 0.3) is 0 Å². The van der Waals surface area contributed by atoms with Gasteiger partial charge < -0.3 is 0 Å². The molecule has 0 aliphatic heterocycles. The zero-order chi connectivity index (χ0) is 8.48. The third-order valence-electron chi connectivity index (χ3n) is 1.54. The van der Waals surface area contributed by atoms with Crippen LogP contribution in [0.2, 0.25) is 14.8 Å². The molecule has 0 radical (unpaired) electrons. The van der Waals surface area contributed by atoms with Crippen LogP contribution in [0.4, 0.5) is 0 Å². The minimum atomic E-state index is -1.91. The van der Waals surface area contributed by atoms with E-state index in [1.165, 1.54) is 3.71 Å². The average Bonchev–Trinajstić information content (AvgIpc) is 1.86. The van der Waals surface area contributed by atoms with E-state index in [1.54, 1.807) is 0 Å². The van der Waals surface area contributed by atoms with Crippen LogP contribution in [-0.2, 0) is 0 Å². The van der Waals surface area contributed by atoms with E-state index in [4.69, 9.17) is 0 Å². The zero-order valence-corrected chi connectivity index (χ0v) is 10.4. The molecule has 0 aliphatic rings. The predicted octanol–water partition coefficient (Wildman–Crippen LogP) is 1.33. The number of nitrogens with zero attached hydrogens (tertiary/aromatic N) is 2. The molecule has 0 atom stereocenters. The molecule has 0 unspecified atom stereocenters. The number of hydrogen-bond acceptors (Lipinski definition) is 2. The van der Waals surface area contributed by atoms with Gasteiger partial charge >= 0.3 is 71.9 Å². The van der Waals surface area contributed by atoms with Crippen molar-refractivity contribution in [1.29, 1.82) is 0 Å². The topological polar surface area (TPSA) is 25.8 Å². The van der Waals surface area contributed by atoms with Crippen LogP contribution in [0.3, 0.4) is 0 Å². The summed E-state index contributed by atoms with van der Waals surface area (Å²) in [5, 5.41) is 0. The Bertz CT molecular complexity index is 253. The van der Waals surface area contributed by atoms with Crippen molar-refractivity contribution in [3.05, 3.63) is 18.1 Å². The molecule has 0 bridgehead atoms. The fourth-order valence-electron chi connectivity index (χ4n) is 0.874. The van der Waals surface area contributed by atoms with Crippen molar-refractivity contribution in [3.8, 4) is 0 Å². The Morgan fingerprint density at radius 2 is 1.91 bits per heavy atom. The molecular weight excluding hydrogens is 243 g/mol. The second-order valence-electron chi connectivity index (χ2n) is 3.74. The van der Waals surface area contributed by atoms with Crippen molar-refractivity contribution in [2.24, 2.45) is 0 Å². The fourth-order valence-corrected chi connectivity index (χ4v) is 3.93. The van der Waals surface area contributed by atoms with Gasteiger partial charge in [0.05, 0.1) is 0 Å². The molecule has 0 N–H and O–H groups in total. The third-order valence-corrected chi connectivity index (χ3v) is 6.73. The van der Waals surface area contributed by atoms with E-state index in [0.29, 0.717) is 0 Å². The molecule has 0 amide bonds. The van der Waals surface area contributed by atoms with Crippen molar-refractivity contribution in [2.45, 2.75) is 21.7 Å². The normalized spacial score (nSPS) is 11.6. The number of aryl methyl sites for hydroxylation is 1. The summed E-state index contributed by atoms with van der Waals surface area (Å²) in [5.41, 5.74) is 0. The van der Waals surface area contributed by atoms with Gasteiger partial charge in [0.2, 0.25) is 0 Å². The van der Waals surface area contributed by atoms with Crippen LogP contribution in [0, 0.1) is 6.92 Å². The second-order valence-corrected chi connectivity index (χ2v) is 18.0. The summed E-state index contributed by atoms with van der Waals surface area (Å²) >= 11 is -1.91. The maximum absolute atomic E-state index is 4.43. The standard InChI is InChI=1S/C5H5N2.3CH3.Sn/c1-5-6-3-2-4-7-5;;;;/h2-3H,1H3;3*1H3;. The summed E-state index contributed by atoms with van der Waals surface area (Å²) in [6.07, 6.45) is 1.86. The molecule has 60 valence electrons. The van der Waals surface area contributed by atoms with Gasteiger partial charge in [0.15, 0.2) is 0 Å². The molecule has 1 heterocycles. The van der Waals surface area contributed by atoms with Gasteiger partial charge in [-0.15, -0.1) is 0 Å². The fraction of sp³-hybridized carbons (Fsp3) is 0.500. The monoisotopic (exact) mass is 258 g/mol. The zero-order valence-electron chi connectivity index (χ0n) is 7.55. The van der Waals surface area contributed by atoms with Gasteiger partial charge in [-0.2, -0.15) is 0 Å². The Morgan fingerprint density at radius 1 is 1.27 bits per heavy atom. The number of aromatic nitrogens is 2. The first-order valence-electron chi connectivity index (χ1n) is 3.80. The van der Waals surface area contributed by atoms with E-state index in [1.807, 2.05) is 13.1 Å². The van der Waals surface area contributed by atoms with E-state index >= 15 is 0 Å². The number of hydrogen-bond donors (Lipinski definition) is 0. The van der Waals surface area contributed by atoms with Crippen LogP contribution in [0.5, 0.6) is 0 Å². The average molecular weight is 257 g/mol. The first kappa shape index (κ1) is 8.97. The van der Waals surface area contributed by atoms with E-state index in [-0.39, 0.29) is 0 Å². The Kier molecular flexibility index (Phi) is 2.52. The Labute approximate surface area is 71.9 Å². The third kappa shape index (κ3) is 2.43. The molecule has 3 heteroatoms. The Morgan fingerprint density at radius 3 is 2.27 bits per heavy atom. The summed E-state index contributed by atoms with van der Waals surface area (Å²) in [4.78, 5) is 15.6. The van der Waals surface area contributed by atoms with Crippen molar-refractivity contribution < 1.29 is 0 Å². The van der Waals surface area contributed by atoms with Crippen LogP contribution >= 0.6 is 0 Å². The summed E-state index contributed by atoms with van der Waals surface area (Å²) < 4.78 is 1.31. The molecule has 0 saturated heterocycles. The van der Waals surface area contributed by atoms with Gasteiger partial charge in [0.1, 0.15) is 0 Å². The SMILES string of the molecule is Cc1ncc[c]([Sn]([CH3])([CH3])[CH3])n1. The summed E-state index contributed by atoms with van der Waals surface area (Å²) in [7, 11) is 0. The van der Waals surface area contributed by atoms with Gasteiger partial charge in [-0.05, 0) is 0 Å². The van der Waals surface area contributed by atoms with Gasteiger partial charge in [-0.25, -0.2) is 0 Å². The Hall–Kier alpha value is -0.121. The molecule has 1 rings (SSSR count). The van der Waals surface area contributed by atoms with Crippen molar-refractivity contribution in [3.63, 3.8) is 0 Å². The first-order chi connectivity index (χ1) is 5.00. The van der Waals surface area contributed by atoms with Crippen LogP contribution in [0.15, 0.2) is 12.3 Å². The molecule has 1 aromatic rings. The molecule has 11 heavy (non-hydrogen) atoms. The van der Waals surface area contributed by atoms with E-state index < -0.39 is 18.4 Å². The van der Waals surface area contributed by atoms with Crippen LogP contribution in [0.1, 0.15) is 5.82 Å². The molecule has 0 aliphatic carbocycles. The Balaban J connectivity index is 3.06. The van der Waals surface area contributed by atoms with Crippen LogP contribution < -0.4 is 3.71 Å². The maximum atomic E-state index is 4.43. The van der Waals surface area contributed by atoms with Crippen molar-refractivity contribution in [1.82, 2.24) is 9.97 Å². The first-order valence-corrected chi connectivity index (χ1v) is 13.8. The van der Waals surface area contributed by atoms with E-state index in [0.717, 1.165) is 5.82 Å². The van der Waals surface area contributed by atoms with Gasteiger partial charge in [-0.1, -0.05) is 0 Å². The molecular formula is C8H14N2Sn. The van der Waals surface area contributed by atoms with Crippen molar-refractivity contribution >= 4 is 22.1 Å². The molecule has 1 aromatic heterocycles. The molecule has 2 nitrogen and oxygen atoms in total. The summed E-state index contributed by atoms with van der Waals surface area (Å²) in [6, 6.07) is 2.06. The van der Waals surface area contributed by atoms with Crippen molar-refractivity contribution in [2.75, 3.05) is 0 Å². The summed E-state index contributed by atoms with van der Waals surface area (Å²) in [5.74, 6) is 0.897. The molecule has 0 saturated carbocycles.